The van der Waals surface area contributed by atoms with Crippen LogP contribution in [0.3, 0.4) is 0 Å². The van der Waals surface area contributed by atoms with Gasteiger partial charge in [-0.3, -0.25) is 10.1 Å². The molecule has 0 radical (unpaired) electrons. The van der Waals surface area contributed by atoms with E-state index in [0.29, 0.717) is 14.2 Å². The maximum atomic E-state index is 10.9. The fourth-order valence-corrected chi connectivity index (χ4v) is 3.39. The summed E-state index contributed by atoms with van der Waals surface area (Å²) in [6.45, 7) is 1.58. The number of aliphatic hydroxyl groups excluding tert-OH is 1. The van der Waals surface area contributed by atoms with E-state index in [-0.39, 0.29) is 5.69 Å². The largest absolute Gasteiger partial charge is 0.388 e. The van der Waals surface area contributed by atoms with Crippen molar-refractivity contribution in [1.82, 2.24) is 14.8 Å². The third kappa shape index (κ3) is 2.52. The SMILES string of the molecule is C[C@H](O)c1cc([N+](=O)[O-])c(Sc2nncn2C)s1. The topological polar surface area (TPSA) is 94.1 Å². The van der Waals surface area contributed by atoms with Gasteiger partial charge in [0.1, 0.15) is 10.5 Å². The van der Waals surface area contributed by atoms with Gasteiger partial charge in [0, 0.05) is 18.0 Å². The molecule has 9 heteroatoms. The van der Waals surface area contributed by atoms with Gasteiger partial charge in [-0.2, -0.15) is 0 Å². The molecule has 0 spiro atoms. The van der Waals surface area contributed by atoms with E-state index in [2.05, 4.69) is 10.2 Å². The van der Waals surface area contributed by atoms with E-state index in [1.54, 1.807) is 18.5 Å². The molecule has 2 aromatic rings. The molecule has 0 aliphatic heterocycles. The minimum absolute atomic E-state index is 0.0103. The van der Waals surface area contributed by atoms with E-state index >= 15 is 0 Å². The van der Waals surface area contributed by atoms with Crippen LogP contribution < -0.4 is 0 Å². The van der Waals surface area contributed by atoms with Crippen LogP contribution in [0.2, 0.25) is 0 Å². The monoisotopic (exact) mass is 286 g/mol. The van der Waals surface area contributed by atoms with Gasteiger partial charge in [0.05, 0.1) is 11.0 Å². The molecule has 96 valence electrons. The second-order valence-electron chi connectivity index (χ2n) is 3.58. The molecular weight excluding hydrogens is 276 g/mol. The molecule has 0 saturated carbocycles. The maximum Gasteiger partial charge on any atom is 0.294 e. The molecule has 0 fully saturated rings. The first-order valence-electron chi connectivity index (χ1n) is 4.97. The predicted molar refractivity (Wildman–Crippen MR) is 66.7 cm³/mol. The molecule has 0 bridgehead atoms. The normalized spacial score (nSPS) is 12.6. The Kier molecular flexibility index (Phi) is 3.64. The number of nitro groups is 1. The minimum Gasteiger partial charge on any atom is -0.388 e. The highest BCUT2D eigenvalue weighted by atomic mass is 32.2. The van der Waals surface area contributed by atoms with Gasteiger partial charge < -0.3 is 9.67 Å². The van der Waals surface area contributed by atoms with Gasteiger partial charge in [0.25, 0.3) is 5.69 Å². The third-order valence-corrected chi connectivity index (χ3v) is 4.70. The number of aliphatic hydroxyl groups is 1. The summed E-state index contributed by atoms with van der Waals surface area (Å²) in [6.07, 6.45) is 0.805. The van der Waals surface area contributed by atoms with Crippen LogP contribution >= 0.6 is 23.1 Å². The van der Waals surface area contributed by atoms with Crippen LogP contribution in [0, 0.1) is 10.1 Å². The fraction of sp³-hybridized carbons (Fsp3) is 0.333. The number of aromatic nitrogens is 3. The Labute approximate surface area is 111 Å². The number of hydrogen-bond acceptors (Lipinski definition) is 7. The lowest BCUT2D eigenvalue weighted by molar-refractivity contribution is -0.387. The molecule has 0 unspecified atom stereocenters. The molecule has 0 amide bonds. The zero-order valence-corrected chi connectivity index (χ0v) is 11.2. The van der Waals surface area contributed by atoms with Gasteiger partial charge in [-0.1, -0.05) is 0 Å². The minimum atomic E-state index is -0.720. The van der Waals surface area contributed by atoms with Crippen molar-refractivity contribution in [3.63, 3.8) is 0 Å². The van der Waals surface area contributed by atoms with Crippen molar-refractivity contribution in [2.24, 2.45) is 7.05 Å². The summed E-state index contributed by atoms with van der Waals surface area (Å²) >= 11 is 2.36. The second-order valence-corrected chi connectivity index (χ2v) is 5.90. The Bertz CT molecular complexity index is 578. The van der Waals surface area contributed by atoms with Crippen molar-refractivity contribution < 1.29 is 10.0 Å². The number of aryl methyl sites for hydroxylation is 1. The lowest BCUT2D eigenvalue weighted by Crippen LogP contribution is -1.90. The van der Waals surface area contributed by atoms with Crippen molar-refractivity contribution in [2.45, 2.75) is 22.4 Å². The average molecular weight is 286 g/mol. The van der Waals surface area contributed by atoms with Crippen molar-refractivity contribution in [2.75, 3.05) is 0 Å². The van der Waals surface area contributed by atoms with E-state index in [9.17, 15) is 15.2 Å². The Balaban J connectivity index is 2.37. The lowest BCUT2D eigenvalue weighted by atomic mass is 10.3. The van der Waals surface area contributed by atoms with E-state index in [4.69, 9.17) is 0 Å². The molecule has 0 aliphatic carbocycles. The molecule has 2 heterocycles. The zero-order valence-electron chi connectivity index (χ0n) is 9.60. The summed E-state index contributed by atoms with van der Waals surface area (Å²) in [5.74, 6) is 0. The quantitative estimate of drug-likeness (QED) is 0.682. The van der Waals surface area contributed by atoms with Gasteiger partial charge >= 0.3 is 0 Å². The van der Waals surface area contributed by atoms with Crippen LogP contribution in [0.15, 0.2) is 21.8 Å². The number of thiophene rings is 1. The van der Waals surface area contributed by atoms with Crippen LogP contribution in [-0.2, 0) is 7.05 Å². The van der Waals surface area contributed by atoms with E-state index in [0.717, 1.165) is 0 Å². The molecule has 2 rings (SSSR count). The number of nitrogens with zero attached hydrogens (tertiary/aromatic N) is 4. The summed E-state index contributed by atoms with van der Waals surface area (Å²) in [4.78, 5) is 11.0. The summed E-state index contributed by atoms with van der Waals surface area (Å²) in [5, 5.41) is 28.6. The highest BCUT2D eigenvalue weighted by molar-refractivity contribution is 8.01. The standard InChI is InChI=1S/C9H10N4O3S2/c1-5(14)7-3-6(13(15)16)8(17-7)18-9-11-10-4-12(9)2/h3-5,14H,1-2H3/t5-/m0/s1. The van der Waals surface area contributed by atoms with Gasteiger partial charge in [0.15, 0.2) is 5.16 Å². The number of hydrogen-bond donors (Lipinski definition) is 1. The first kappa shape index (κ1) is 13.0. The van der Waals surface area contributed by atoms with Gasteiger partial charge in [0.2, 0.25) is 0 Å². The molecule has 1 atom stereocenters. The first-order chi connectivity index (χ1) is 8.49. The molecule has 0 saturated heterocycles. The Hall–Kier alpha value is -1.45. The smallest absolute Gasteiger partial charge is 0.294 e. The highest BCUT2D eigenvalue weighted by Crippen LogP contribution is 2.42. The highest BCUT2D eigenvalue weighted by Gasteiger charge is 2.23. The summed E-state index contributed by atoms with van der Waals surface area (Å²) in [7, 11) is 1.76. The van der Waals surface area contributed by atoms with E-state index in [1.165, 1.54) is 35.5 Å². The van der Waals surface area contributed by atoms with Crippen molar-refractivity contribution in [3.8, 4) is 0 Å². The van der Waals surface area contributed by atoms with Crippen molar-refractivity contribution in [3.05, 3.63) is 27.4 Å². The molecule has 7 nitrogen and oxygen atoms in total. The fourth-order valence-electron chi connectivity index (χ4n) is 1.24. The molecular formula is C9H10N4O3S2. The third-order valence-electron chi connectivity index (χ3n) is 2.16. The molecule has 0 aromatic carbocycles. The molecule has 18 heavy (non-hydrogen) atoms. The van der Waals surface area contributed by atoms with Crippen molar-refractivity contribution in [1.29, 1.82) is 0 Å². The van der Waals surface area contributed by atoms with Gasteiger partial charge in [-0.15, -0.1) is 21.5 Å². The maximum absolute atomic E-state index is 10.9. The Morgan fingerprint density at radius 3 is 2.89 bits per heavy atom. The summed E-state index contributed by atoms with van der Waals surface area (Å²) in [5.41, 5.74) is -0.0103. The molecule has 0 aliphatic rings. The zero-order chi connectivity index (χ0) is 13.3. The lowest BCUT2D eigenvalue weighted by Gasteiger charge is -1.97. The second kappa shape index (κ2) is 5.04. The van der Waals surface area contributed by atoms with Crippen LogP contribution in [0.5, 0.6) is 0 Å². The molecule has 1 N–H and O–H groups in total. The van der Waals surface area contributed by atoms with Crippen molar-refractivity contribution >= 4 is 28.8 Å². The Morgan fingerprint density at radius 1 is 1.67 bits per heavy atom. The predicted octanol–water partition coefficient (Wildman–Crippen LogP) is 1.99. The molecule has 2 aromatic heterocycles. The van der Waals surface area contributed by atoms with E-state index in [1.807, 2.05) is 0 Å². The van der Waals surface area contributed by atoms with E-state index < -0.39 is 11.0 Å². The summed E-state index contributed by atoms with van der Waals surface area (Å²) < 4.78 is 2.17. The van der Waals surface area contributed by atoms with Crippen LogP contribution in [-0.4, -0.2) is 24.8 Å². The van der Waals surface area contributed by atoms with Crippen LogP contribution in [0.25, 0.3) is 0 Å². The first-order valence-corrected chi connectivity index (χ1v) is 6.60. The van der Waals surface area contributed by atoms with Gasteiger partial charge in [-0.05, 0) is 18.7 Å². The van der Waals surface area contributed by atoms with Gasteiger partial charge in [-0.25, -0.2) is 0 Å². The average Bonchev–Trinajstić information content (AvgIpc) is 2.87. The van der Waals surface area contributed by atoms with Crippen LogP contribution in [0.4, 0.5) is 5.69 Å². The summed E-state index contributed by atoms with van der Waals surface area (Å²) in [6, 6.07) is 1.40. The number of rotatable bonds is 4. The van der Waals surface area contributed by atoms with Crippen LogP contribution in [0.1, 0.15) is 17.9 Å². The Morgan fingerprint density at radius 2 is 2.39 bits per heavy atom.